The van der Waals surface area contributed by atoms with Crippen molar-refractivity contribution < 1.29 is 0 Å². The lowest BCUT2D eigenvalue weighted by atomic mass is 10.0. The lowest BCUT2D eigenvalue weighted by molar-refractivity contribution is 0.553. The van der Waals surface area contributed by atoms with E-state index in [4.69, 9.17) is 5.84 Å². The molecule has 0 aliphatic heterocycles. The lowest BCUT2D eigenvalue weighted by Gasteiger charge is -2.17. The van der Waals surface area contributed by atoms with Crippen molar-refractivity contribution in [2.24, 2.45) is 5.84 Å². The molecule has 0 spiro atoms. The fourth-order valence-corrected chi connectivity index (χ4v) is 3.51. The Labute approximate surface area is 127 Å². The number of thiophene rings is 1. The summed E-state index contributed by atoms with van der Waals surface area (Å²) in [7, 11) is 0. The Kier molecular flexibility index (Phi) is 4.98. The van der Waals surface area contributed by atoms with Gasteiger partial charge in [0.05, 0.1) is 6.04 Å². The van der Waals surface area contributed by atoms with Crippen LogP contribution in [0, 0.1) is 3.57 Å². The van der Waals surface area contributed by atoms with Crippen molar-refractivity contribution in [1.29, 1.82) is 0 Å². The van der Waals surface area contributed by atoms with E-state index in [1.54, 1.807) is 11.3 Å². The molecule has 0 saturated carbocycles. The summed E-state index contributed by atoms with van der Waals surface area (Å²) in [6.07, 6.45) is 0.917. The van der Waals surface area contributed by atoms with Gasteiger partial charge < -0.3 is 0 Å². The summed E-state index contributed by atoms with van der Waals surface area (Å²) in [5.74, 6) is 5.68. The van der Waals surface area contributed by atoms with E-state index < -0.39 is 0 Å². The number of nitrogens with one attached hydrogen (secondary N) is 1. The number of benzene rings is 1. The number of hydrogen-bond donors (Lipinski definition) is 2. The highest BCUT2D eigenvalue weighted by atomic mass is 127. The maximum Gasteiger partial charge on any atom is 0.0519 e. The van der Waals surface area contributed by atoms with Crippen LogP contribution in [0.2, 0.25) is 0 Å². The Bertz CT molecular complexity index is 487. The first-order chi connectivity index (χ1) is 8.20. The molecule has 0 amide bonds. The second kappa shape index (κ2) is 6.29. The second-order valence-electron chi connectivity index (χ2n) is 3.67. The van der Waals surface area contributed by atoms with E-state index in [9.17, 15) is 0 Å². The summed E-state index contributed by atoms with van der Waals surface area (Å²) in [4.78, 5) is 1.34. The molecule has 17 heavy (non-hydrogen) atoms. The van der Waals surface area contributed by atoms with Gasteiger partial charge in [0, 0.05) is 19.3 Å². The highest BCUT2D eigenvalue weighted by molar-refractivity contribution is 14.1. The van der Waals surface area contributed by atoms with Gasteiger partial charge in [0.25, 0.3) is 0 Å². The Morgan fingerprint density at radius 1 is 1.41 bits per heavy atom. The highest BCUT2D eigenvalue weighted by Gasteiger charge is 2.14. The van der Waals surface area contributed by atoms with Crippen molar-refractivity contribution in [3.63, 3.8) is 0 Å². The lowest BCUT2D eigenvalue weighted by Crippen LogP contribution is -2.30. The number of rotatable bonds is 4. The Morgan fingerprint density at radius 2 is 2.24 bits per heavy atom. The van der Waals surface area contributed by atoms with E-state index in [1.165, 1.54) is 14.0 Å². The van der Waals surface area contributed by atoms with Crippen molar-refractivity contribution in [3.05, 3.63) is 54.2 Å². The minimum Gasteiger partial charge on any atom is -0.271 e. The second-order valence-corrected chi connectivity index (χ2v) is 6.78. The maximum atomic E-state index is 5.68. The molecule has 0 fully saturated rings. The molecule has 3 N–H and O–H groups in total. The number of halogens is 2. The molecule has 1 aromatic heterocycles. The van der Waals surface area contributed by atoms with E-state index in [-0.39, 0.29) is 6.04 Å². The zero-order chi connectivity index (χ0) is 12.3. The Balaban J connectivity index is 2.25. The third-order valence-corrected chi connectivity index (χ3v) is 4.89. The van der Waals surface area contributed by atoms with Crippen LogP contribution < -0.4 is 11.3 Å². The molecule has 2 rings (SSSR count). The minimum atomic E-state index is 0.151. The number of nitrogens with two attached hydrogens (primary N) is 1. The predicted octanol–water partition coefficient (Wildman–Crippen LogP) is 3.86. The van der Waals surface area contributed by atoms with E-state index in [2.05, 4.69) is 73.6 Å². The van der Waals surface area contributed by atoms with Crippen LogP contribution in [0.5, 0.6) is 0 Å². The van der Waals surface area contributed by atoms with Gasteiger partial charge in [-0.05, 0) is 57.8 Å². The van der Waals surface area contributed by atoms with Crippen molar-refractivity contribution >= 4 is 49.9 Å². The average Bonchev–Trinajstić information content (AvgIpc) is 2.82. The van der Waals surface area contributed by atoms with E-state index in [0.29, 0.717) is 0 Å². The smallest absolute Gasteiger partial charge is 0.0519 e. The molecule has 1 heterocycles. The van der Waals surface area contributed by atoms with Gasteiger partial charge in [0.15, 0.2) is 0 Å². The number of hydrazine groups is 1. The predicted molar refractivity (Wildman–Crippen MR) is 84.9 cm³/mol. The summed E-state index contributed by atoms with van der Waals surface area (Å²) >= 11 is 7.61. The monoisotopic (exact) mass is 422 g/mol. The van der Waals surface area contributed by atoms with E-state index >= 15 is 0 Å². The summed E-state index contributed by atoms with van der Waals surface area (Å²) in [6.45, 7) is 0. The summed E-state index contributed by atoms with van der Waals surface area (Å²) in [5.41, 5.74) is 4.14. The fraction of sp³-hybridized carbons (Fsp3) is 0.167. The van der Waals surface area contributed by atoms with Crippen LogP contribution in [0.15, 0.2) is 40.2 Å². The average molecular weight is 423 g/mol. The molecule has 1 aromatic carbocycles. The Hall–Kier alpha value is 0.0500. The summed E-state index contributed by atoms with van der Waals surface area (Å²) in [6, 6.07) is 10.6. The largest absolute Gasteiger partial charge is 0.271 e. The first kappa shape index (κ1) is 13.5. The zero-order valence-electron chi connectivity index (χ0n) is 8.99. The van der Waals surface area contributed by atoms with Crippen LogP contribution in [0.4, 0.5) is 0 Å². The molecule has 0 bridgehead atoms. The molecule has 2 nitrogen and oxygen atoms in total. The molecule has 0 aliphatic carbocycles. The quantitative estimate of drug-likeness (QED) is 0.446. The molecule has 0 aliphatic rings. The van der Waals surface area contributed by atoms with Crippen LogP contribution >= 0.6 is 49.9 Å². The zero-order valence-corrected chi connectivity index (χ0v) is 13.6. The third-order valence-electron chi connectivity index (χ3n) is 2.52. The summed E-state index contributed by atoms with van der Waals surface area (Å²) < 4.78 is 2.31. The maximum absolute atomic E-state index is 5.68. The minimum absolute atomic E-state index is 0.151. The van der Waals surface area contributed by atoms with Crippen molar-refractivity contribution in [2.45, 2.75) is 12.5 Å². The van der Waals surface area contributed by atoms with Crippen molar-refractivity contribution in [2.75, 3.05) is 0 Å². The van der Waals surface area contributed by atoms with Gasteiger partial charge >= 0.3 is 0 Å². The van der Waals surface area contributed by atoms with Gasteiger partial charge in [-0.1, -0.05) is 22.0 Å². The van der Waals surface area contributed by atoms with Gasteiger partial charge in [-0.15, -0.1) is 11.3 Å². The van der Waals surface area contributed by atoms with Crippen LogP contribution in [0.1, 0.15) is 16.5 Å². The van der Waals surface area contributed by atoms with Gasteiger partial charge in [-0.2, -0.15) is 0 Å². The van der Waals surface area contributed by atoms with Crippen LogP contribution in [0.3, 0.4) is 0 Å². The SMILES string of the molecule is NNC(Cc1cccs1)c1cc(Br)ccc1I. The van der Waals surface area contributed by atoms with E-state index in [1.807, 2.05) is 6.07 Å². The highest BCUT2D eigenvalue weighted by Crippen LogP contribution is 2.27. The van der Waals surface area contributed by atoms with Gasteiger partial charge in [0.1, 0.15) is 0 Å². The topological polar surface area (TPSA) is 38.0 Å². The third kappa shape index (κ3) is 3.51. The van der Waals surface area contributed by atoms with Crippen LogP contribution in [-0.4, -0.2) is 0 Å². The molecule has 0 radical (unpaired) electrons. The molecule has 2 aromatic rings. The fourth-order valence-electron chi connectivity index (χ4n) is 1.67. The molecule has 1 atom stereocenters. The molecule has 90 valence electrons. The van der Waals surface area contributed by atoms with Gasteiger partial charge in [0.2, 0.25) is 0 Å². The standard InChI is InChI=1S/C12H12BrIN2S/c13-8-3-4-11(14)10(6-8)12(16-15)7-9-2-1-5-17-9/h1-6,12,16H,7,15H2. The van der Waals surface area contributed by atoms with Crippen LogP contribution in [-0.2, 0) is 6.42 Å². The molecule has 0 saturated heterocycles. The number of hydrogen-bond acceptors (Lipinski definition) is 3. The summed E-state index contributed by atoms with van der Waals surface area (Å²) in [5, 5.41) is 2.09. The van der Waals surface area contributed by atoms with Crippen LogP contribution in [0.25, 0.3) is 0 Å². The first-order valence-electron chi connectivity index (χ1n) is 5.14. The van der Waals surface area contributed by atoms with Crippen molar-refractivity contribution in [3.8, 4) is 0 Å². The van der Waals surface area contributed by atoms with Crippen molar-refractivity contribution in [1.82, 2.24) is 5.43 Å². The Morgan fingerprint density at radius 3 is 2.88 bits per heavy atom. The first-order valence-corrected chi connectivity index (χ1v) is 7.89. The molecular formula is C12H12BrIN2S. The van der Waals surface area contributed by atoms with E-state index in [0.717, 1.165) is 10.9 Å². The normalized spacial score (nSPS) is 12.6. The van der Waals surface area contributed by atoms with Gasteiger partial charge in [-0.25, -0.2) is 0 Å². The molecule has 1 unspecified atom stereocenters. The molecular weight excluding hydrogens is 411 g/mol. The van der Waals surface area contributed by atoms with Gasteiger partial charge in [-0.3, -0.25) is 11.3 Å². The molecule has 5 heteroatoms.